The van der Waals surface area contributed by atoms with Crippen LogP contribution in [-0.2, 0) is 13.0 Å². The smallest absolute Gasteiger partial charge is 0.142 e. The number of anilines is 1. The molecule has 0 radical (unpaired) electrons. The number of rotatable bonds is 5. The molecule has 0 spiro atoms. The number of nitrogens with zero attached hydrogens (tertiary/aromatic N) is 2. The molecule has 0 atom stereocenters. The summed E-state index contributed by atoms with van der Waals surface area (Å²) in [6.07, 6.45) is 2.86. The summed E-state index contributed by atoms with van der Waals surface area (Å²) in [7, 11) is 0. The number of pyridine rings is 1. The molecule has 0 amide bonds. The monoisotopic (exact) mass is 295 g/mol. The Morgan fingerprint density at radius 2 is 1.95 bits per heavy atom. The Morgan fingerprint density at radius 3 is 2.67 bits per heavy atom. The molecule has 106 valence electrons. The fourth-order valence-corrected chi connectivity index (χ4v) is 2.84. The van der Waals surface area contributed by atoms with Gasteiger partial charge in [-0.05, 0) is 36.2 Å². The molecular formula is C17H17N3S. The van der Waals surface area contributed by atoms with E-state index in [2.05, 4.69) is 51.9 Å². The average molecular weight is 295 g/mol. The van der Waals surface area contributed by atoms with Crippen LogP contribution < -0.4 is 5.32 Å². The Hall–Kier alpha value is -2.20. The van der Waals surface area contributed by atoms with Gasteiger partial charge in [0.2, 0.25) is 0 Å². The number of thiazole rings is 1. The molecule has 0 aliphatic rings. The first kappa shape index (κ1) is 13.8. The zero-order valence-corrected chi connectivity index (χ0v) is 12.7. The van der Waals surface area contributed by atoms with E-state index in [4.69, 9.17) is 0 Å². The standard InChI is InChI=1S/C17H17N3S/c1-2-13-6-8-14(9-7-13)19-11-15-12-21-17(20-15)16-5-3-4-10-18-16/h3-10,12,19H,2,11H2,1H3. The summed E-state index contributed by atoms with van der Waals surface area (Å²) in [6, 6.07) is 14.4. The van der Waals surface area contributed by atoms with Crippen molar-refractivity contribution < 1.29 is 0 Å². The molecule has 0 unspecified atom stereocenters. The van der Waals surface area contributed by atoms with Crippen molar-refractivity contribution in [2.45, 2.75) is 19.9 Å². The highest BCUT2D eigenvalue weighted by Crippen LogP contribution is 2.22. The summed E-state index contributed by atoms with van der Waals surface area (Å²) < 4.78 is 0. The van der Waals surface area contributed by atoms with Crippen molar-refractivity contribution >= 4 is 17.0 Å². The topological polar surface area (TPSA) is 37.8 Å². The lowest BCUT2D eigenvalue weighted by molar-refractivity contribution is 1.07. The van der Waals surface area contributed by atoms with Gasteiger partial charge >= 0.3 is 0 Å². The third kappa shape index (κ3) is 3.47. The second kappa shape index (κ2) is 6.50. The maximum Gasteiger partial charge on any atom is 0.142 e. The Balaban J connectivity index is 1.64. The molecule has 1 N–H and O–H groups in total. The predicted molar refractivity (Wildman–Crippen MR) is 88.5 cm³/mol. The molecule has 0 saturated carbocycles. The first-order valence-corrected chi connectivity index (χ1v) is 7.91. The Bertz CT molecular complexity index is 690. The number of nitrogens with one attached hydrogen (secondary N) is 1. The Kier molecular flexibility index (Phi) is 4.26. The van der Waals surface area contributed by atoms with Crippen molar-refractivity contribution in [3.8, 4) is 10.7 Å². The molecule has 3 nitrogen and oxygen atoms in total. The molecule has 3 aromatic rings. The Labute approximate surface area is 128 Å². The van der Waals surface area contributed by atoms with E-state index < -0.39 is 0 Å². The first-order valence-electron chi connectivity index (χ1n) is 7.04. The second-order valence-corrected chi connectivity index (χ2v) is 5.62. The van der Waals surface area contributed by atoms with Crippen LogP contribution in [0.15, 0.2) is 54.0 Å². The molecule has 1 aromatic carbocycles. The highest BCUT2D eigenvalue weighted by atomic mass is 32.1. The van der Waals surface area contributed by atoms with Crippen molar-refractivity contribution in [2.24, 2.45) is 0 Å². The van der Waals surface area contributed by atoms with Gasteiger partial charge in [-0.25, -0.2) is 4.98 Å². The van der Waals surface area contributed by atoms with Crippen LogP contribution >= 0.6 is 11.3 Å². The van der Waals surface area contributed by atoms with Gasteiger partial charge in [0.25, 0.3) is 0 Å². The van der Waals surface area contributed by atoms with Gasteiger partial charge in [0.15, 0.2) is 0 Å². The largest absolute Gasteiger partial charge is 0.379 e. The number of aryl methyl sites for hydroxylation is 1. The zero-order chi connectivity index (χ0) is 14.5. The van der Waals surface area contributed by atoms with Crippen LogP contribution in [-0.4, -0.2) is 9.97 Å². The van der Waals surface area contributed by atoms with Crippen LogP contribution in [0, 0.1) is 0 Å². The second-order valence-electron chi connectivity index (χ2n) is 4.76. The van der Waals surface area contributed by atoms with Gasteiger partial charge in [0.1, 0.15) is 5.01 Å². The van der Waals surface area contributed by atoms with E-state index in [0.29, 0.717) is 0 Å². The molecule has 0 aliphatic heterocycles. The molecule has 3 rings (SSSR count). The molecule has 0 saturated heterocycles. The molecule has 4 heteroatoms. The van der Waals surface area contributed by atoms with E-state index in [9.17, 15) is 0 Å². The summed E-state index contributed by atoms with van der Waals surface area (Å²) in [6.45, 7) is 2.89. The van der Waals surface area contributed by atoms with Crippen LogP contribution in [0.4, 0.5) is 5.69 Å². The van der Waals surface area contributed by atoms with Gasteiger partial charge < -0.3 is 5.32 Å². The molecule has 2 aromatic heterocycles. The van der Waals surface area contributed by atoms with E-state index in [1.807, 2.05) is 18.2 Å². The summed E-state index contributed by atoms with van der Waals surface area (Å²) in [5, 5.41) is 6.45. The van der Waals surface area contributed by atoms with Gasteiger partial charge in [-0.1, -0.05) is 25.1 Å². The maximum atomic E-state index is 4.62. The van der Waals surface area contributed by atoms with Gasteiger partial charge in [0, 0.05) is 17.3 Å². The molecule has 0 aliphatic carbocycles. The molecule has 21 heavy (non-hydrogen) atoms. The first-order chi connectivity index (χ1) is 10.3. The van der Waals surface area contributed by atoms with Crippen LogP contribution in [0.25, 0.3) is 10.7 Å². The van der Waals surface area contributed by atoms with Gasteiger partial charge in [-0.15, -0.1) is 11.3 Å². The molecule has 0 bridgehead atoms. The van der Waals surface area contributed by atoms with Gasteiger partial charge in [0.05, 0.1) is 17.9 Å². The van der Waals surface area contributed by atoms with Crippen LogP contribution in [0.1, 0.15) is 18.2 Å². The summed E-state index contributed by atoms with van der Waals surface area (Å²) >= 11 is 1.63. The van der Waals surface area contributed by atoms with Gasteiger partial charge in [-0.3, -0.25) is 4.98 Å². The normalized spacial score (nSPS) is 10.5. The van der Waals surface area contributed by atoms with E-state index in [-0.39, 0.29) is 0 Å². The highest BCUT2D eigenvalue weighted by Gasteiger charge is 2.05. The van der Waals surface area contributed by atoms with Crippen molar-refractivity contribution in [3.05, 3.63) is 65.3 Å². The van der Waals surface area contributed by atoms with Crippen LogP contribution in [0.2, 0.25) is 0 Å². The molecular weight excluding hydrogens is 278 g/mol. The average Bonchev–Trinajstić information content (AvgIpc) is 3.03. The highest BCUT2D eigenvalue weighted by molar-refractivity contribution is 7.13. The fraction of sp³-hybridized carbons (Fsp3) is 0.176. The van der Waals surface area contributed by atoms with E-state index in [1.165, 1.54) is 5.56 Å². The lowest BCUT2D eigenvalue weighted by Gasteiger charge is -2.05. The fourth-order valence-electron chi connectivity index (χ4n) is 2.05. The van der Waals surface area contributed by atoms with Crippen molar-refractivity contribution in [3.63, 3.8) is 0 Å². The number of benzene rings is 1. The number of hydrogen-bond acceptors (Lipinski definition) is 4. The number of aromatic nitrogens is 2. The summed E-state index contributed by atoms with van der Waals surface area (Å²) in [5.41, 5.74) is 4.45. The maximum absolute atomic E-state index is 4.62. The summed E-state index contributed by atoms with van der Waals surface area (Å²) in [5.74, 6) is 0. The predicted octanol–water partition coefficient (Wildman–Crippen LogP) is 4.38. The minimum atomic E-state index is 0.731. The lowest BCUT2D eigenvalue weighted by atomic mass is 10.1. The Morgan fingerprint density at radius 1 is 1.10 bits per heavy atom. The summed E-state index contributed by atoms with van der Waals surface area (Å²) in [4.78, 5) is 8.95. The van der Waals surface area contributed by atoms with Crippen molar-refractivity contribution in [1.29, 1.82) is 0 Å². The van der Waals surface area contributed by atoms with Crippen LogP contribution in [0.3, 0.4) is 0 Å². The van der Waals surface area contributed by atoms with Crippen LogP contribution in [0.5, 0.6) is 0 Å². The van der Waals surface area contributed by atoms with E-state index >= 15 is 0 Å². The minimum Gasteiger partial charge on any atom is -0.379 e. The third-order valence-electron chi connectivity index (χ3n) is 3.27. The lowest BCUT2D eigenvalue weighted by Crippen LogP contribution is -1.99. The van der Waals surface area contributed by atoms with Crippen molar-refractivity contribution in [2.75, 3.05) is 5.32 Å². The van der Waals surface area contributed by atoms with Gasteiger partial charge in [-0.2, -0.15) is 0 Å². The molecule has 0 fully saturated rings. The molecule has 2 heterocycles. The van der Waals surface area contributed by atoms with Crippen molar-refractivity contribution in [1.82, 2.24) is 9.97 Å². The van der Waals surface area contributed by atoms with E-state index in [0.717, 1.165) is 35.0 Å². The SMILES string of the molecule is CCc1ccc(NCc2csc(-c3ccccn3)n2)cc1. The van der Waals surface area contributed by atoms with E-state index in [1.54, 1.807) is 17.5 Å². The zero-order valence-electron chi connectivity index (χ0n) is 11.9. The number of hydrogen-bond donors (Lipinski definition) is 1. The quantitative estimate of drug-likeness (QED) is 0.759. The third-order valence-corrected chi connectivity index (χ3v) is 4.19. The minimum absolute atomic E-state index is 0.731.